The van der Waals surface area contributed by atoms with Crippen LogP contribution >= 0.6 is 15.9 Å². The van der Waals surface area contributed by atoms with Gasteiger partial charge in [-0.15, -0.1) is 0 Å². The molecule has 0 heterocycles. The van der Waals surface area contributed by atoms with Crippen molar-refractivity contribution in [3.8, 4) is 11.5 Å². The number of carbonyl (C=O) groups excluding carboxylic acids is 1. The summed E-state index contributed by atoms with van der Waals surface area (Å²) < 4.78 is 16.7. The third-order valence-electron chi connectivity index (χ3n) is 3.07. The van der Waals surface area contributed by atoms with Crippen molar-refractivity contribution in [2.45, 2.75) is 0 Å². The molecular formula is C17H18BrNO4. The minimum Gasteiger partial charge on any atom is -0.493 e. The van der Waals surface area contributed by atoms with Gasteiger partial charge in [-0.2, -0.15) is 0 Å². The van der Waals surface area contributed by atoms with Crippen LogP contribution in [0.2, 0.25) is 0 Å². The van der Waals surface area contributed by atoms with Crippen LogP contribution in [-0.4, -0.2) is 33.3 Å². The van der Waals surface area contributed by atoms with Crippen LogP contribution in [0.4, 0.5) is 5.69 Å². The van der Waals surface area contributed by atoms with E-state index in [4.69, 9.17) is 14.2 Å². The predicted molar refractivity (Wildman–Crippen MR) is 92.5 cm³/mol. The van der Waals surface area contributed by atoms with Crippen molar-refractivity contribution in [1.82, 2.24) is 0 Å². The molecule has 0 aliphatic heterocycles. The van der Waals surface area contributed by atoms with Gasteiger partial charge in [0.1, 0.15) is 6.61 Å². The molecule has 122 valence electrons. The number of benzene rings is 2. The zero-order valence-electron chi connectivity index (χ0n) is 13.0. The summed E-state index contributed by atoms with van der Waals surface area (Å²) in [4.78, 5) is 12.2. The van der Waals surface area contributed by atoms with Crippen LogP contribution in [0, 0.1) is 0 Å². The molecule has 0 atom stereocenters. The second-order valence-electron chi connectivity index (χ2n) is 4.67. The minimum absolute atomic E-state index is 0.189. The summed E-state index contributed by atoms with van der Waals surface area (Å²) in [7, 11) is 3.17. The second kappa shape index (κ2) is 8.55. The molecule has 0 saturated carbocycles. The summed E-state index contributed by atoms with van der Waals surface area (Å²) in [6.07, 6.45) is 0. The molecule has 0 spiro atoms. The van der Waals surface area contributed by atoms with Crippen molar-refractivity contribution >= 4 is 27.5 Å². The molecule has 1 N–H and O–H groups in total. The van der Waals surface area contributed by atoms with Crippen LogP contribution in [-0.2, 0) is 4.74 Å². The molecule has 0 aliphatic rings. The largest absolute Gasteiger partial charge is 0.493 e. The van der Waals surface area contributed by atoms with Crippen molar-refractivity contribution in [2.24, 2.45) is 0 Å². The Kier molecular flexibility index (Phi) is 6.43. The quantitative estimate of drug-likeness (QED) is 0.744. The highest BCUT2D eigenvalue weighted by Gasteiger charge is 2.10. The molecule has 2 rings (SSSR count). The third kappa shape index (κ3) is 4.97. The normalized spacial score (nSPS) is 10.2. The molecule has 2 aromatic carbocycles. The molecule has 0 bridgehead atoms. The number of hydrogen-bond acceptors (Lipinski definition) is 4. The van der Waals surface area contributed by atoms with Gasteiger partial charge in [0.15, 0.2) is 11.5 Å². The van der Waals surface area contributed by atoms with E-state index < -0.39 is 0 Å². The number of halogens is 1. The number of nitrogens with one attached hydrogen (secondary N) is 1. The highest BCUT2D eigenvalue weighted by atomic mass is 79.9. The lowest BCUT2D eigenvalue weighted by Gasteiger charge is -2.13. The Morgan fingerprint density at radius 2 is 1.78 bits per heavy atom. The van der Waals surface area contributed by atoms with Gasteiger partial charge in [-0.05, 0) is 36.4 Å². The molecule has 23 heavy (non-hydrogen) atoms. The molecule has 1 amide bonds. The summed E-state index contributed by atoms with van der Waals surface area (Å²) in [5, 5.41) is 2.84. The molecule has 0 unspecified atom stereocenters. The zero-order chi connectivity index (χ0) is 16.7. The first-order valence-corrected chi connectivity index (χ1v) is 7.80. The lowest BCUT2D eigenvalue weighted by atomic mass is 10.2. The number of rotatable bonds is 7. The molecule has 0 fully saturated rings. The average molecular weight is 380 g/mol. The number of methoxy groups -OCH3 is 2. The van der Waals surface area contributed by atoms with Crippen LogP contribution < -0.4 is 14.8 Å². The van der Waals surface area contributed by atoms with E-state index in [0.717, 1.165) is 4.47 Å². The number of ether oxygens (including phenoxy) is 3. The first-order chi connectivity index (χ1) is 11.1. The van der Waals surface area contributed by atoms with Crippen molar-refractivity contribution in [3.05, 3.63) is 52.5 Å². The van der Waals surface area contributed by atoms with E-state index in [-0.39, 0.29) is 5.91 Å². The van der Waals surface area contributed by atoms with Gasteiger partial charge < -0.3 is 19.5 Å². The standard InChI is InChI=1S/C17H18BrNO4/c1-21-9-10-23-16-11-14(7-8-15(16)22-2)19-17(20)12-3-5-13(18)6-4-12/h3-8,11H,9-10H2,1-2H3,(H,19,20). The fraction of sp³-hybridized carbons (Fsp3) is 0.235. The van der Waals surface area contributed by atoms with E-state index in [1.807, 2.05) is 12.1 Å². The van der Waals surface area contributed by atoms with E-state index in [0.29, 0.717) is 36.0 Å². The van der Waals surface area contributed by atoms with Gasteiger partial charge in [0.25, 0.3) is 5.91 Å². The molecule has 0 aliphatic carbocycles. The second-order valence-corrected chi connectivity index (χ2v) is 5.58. The maximum Gasteiger partial charge on any atom is 0.255 e. The smallest absolute Gasteiger partial charge is 0.255 e. The van der Waals surface area contributed by atoms with E-state index in [1.165, 1.54) is 0 Å². The topological polar surface area (TPSA) is 56.8 Å². The first-order valence-electron chi connectivity index (χ1n) is 7.00. The van der Waals surface area contributed by atoms with Crippen molar-refractivity contribution < 1.29 is 19.0 Å². The van der Waals surface area contributed by atoms with E-state index in [1.54, 1.807) is 44.6 Å². The minimum atomic E-state index is -0.189. The van der Waals surface area contributed by atoms with Crippen LogP contribution in [0.15, 0.2) is 46.9 Å². The summed E-state index contributed by atoms with van der Waals surface area (Å²) in [5.41, 5.74) is 1.21. The van der Waals surface area contributed by atoms with E-state index in [9.17, 15) is 4.79 Å². The van der Waals surface area contributed by atoms with Crippen LogP contribution in [0.5, 0.6) is 11.5 Å². The number of amides is 1. The molecule has 0 saturated heterocycles. The number of hydrogen-bond donors (Lipinski definition) is 1. The molecule has 0 aromatic heterocycles. The Labute approximate surface area is 143 Å². The summed E-state index contributed by atoms with van der Waals surface area (Å²) in [6.45, 7) is 0.871. The highest BCUT2D eigenvalue weighted by Crippen LogP contribution is 2.30. The molecular weight excluding hydrogens is 362 g/mol. The van der Waals surface area contributed by atoms with E-state index >= 15 is 0 Å². The van der Waals surface area contributed by atoms with Gasteiger partial charge in [-0.3, -0.25) is 4.79 Å². The van der Waals surface area contributed by atoms with Crippen LogP contribution in [0.25, 0.3) is 0 Å². The van der Waals surface area contributed by atoms with Gasteiger partial charge in [0.2, 0.25) is 0 Å². The fourth-order valence-electron chi connectivity index (χ4n) is 1.91. The maximum absolute atomic E-state index is 12.2. The predicted octanol–water partition coefficient (Wildman–Crippen LogP) is 3.74. The molecule has 6 heteroatoms. The van der Waals surface area contributed by atoms with Crippen molar-refractivity contribution in [2.75, 3.05) is 32.8 Å². The van der Waals surface area contributed by atoms with Gasteiger partial charge >= 0.3 is 0 Å². The Morgan fingerprint density at radius 1 is 1.04 bits per heavy atom. The summed E-state index contributed by atoms with van der Waals surface area (Å²) in [6, 6.07) is 12.4. The van der Waals surface area contributed by atoms with Gasteiger partial charge in [-0.25, -0.2) is 0 Å². The van der Waals surface area contributed by atoms with Gasteiger partial charge in [-0.1, -0.05) is 15.9 Å². The monoisotopic (exact) mass is 379 g/mol. The summed E-state index contributed by atoms with van der Waals surface area (Å²) >= 11 is 3.34. The first kappa shape index (κ1) is 17.3. The lowest BCUT2D eigenvalue weighted by Crippen LogP contribution is -2.12. The van der Waals surface area contributed by atoms with Gasteiger partial charge in [0.05, 0.1) is 13.7 Å². The third-order valence-corrected chi connectivity index (χ3v) is 3.60. The average Bonchev–Trinajstić information content (AvgIpc) is 2.56. The van der Waals surface area contributed by atoms with Gasteiger partial charge in [0, 0.05) is 28.9 Å². The van der Waals surface area contributed by atoms with Crippen LogP contribution in [0.1, 0.15) is 10.4 Å². The lowest BCUT2D eigenvalue weighted by molar-refractivity contribution is 0.102. The molecule has 2 aromatic rings. The zero-order valence-corrected chi connectivity index (χ0v) is 14.6. The fourth-order valence-corrected chi connectivity index (χ4v) is 2.17. The Balaban J connectivity index is 2.11. The van der Waals surface area contributed by atoms with E-state index in [2.05, 4.69) is 21.2 Å². The van der Waals surface area contributed by atoms with Crippen molar-refractivity contribution in [1.29, 1.82) is 0 Å². The number of carbonyl (C=O) groups is 1. The van der Waals surface area contributed by atoms with Crippen molar-refractivity contribution in [3.63, 3.8) is 0 Å². The Morgan fingerprint density at radius 3 is 2.43 bits per heavy atom. The molecule has 5 nitrogen and oxygen atoms in total. The Hall–Kier alpha value is -2.05. The molecule has 0 radical (unpaired) electrons. The van der Waals surface area contributed by atoms with Crippen LogP contribution in [0.3, 0.4) is 0 Å². The SMILES string of the molecule is COCCOc1cc(NC(=O)c2ccc(Br)cc2)ccc1OC. The number of anilines is 1. The maximum atomic E-state index is 12.2. The highest BCUT2D eigenvalue weighted by molar-refractivity contribution is 9.10. The Bertz CT molecular complexity index is 658. The summed E-state index contributed by atoms with van der Waals surface area (Å²) in [5.74, 6) is 0.964.